The maximum atomic E-state index is 17.0. The van der Waals surface area contributed by atoms with Gasteiger partial charge in [0, 0.05) is 74.8 Å². The Balaban J connectivity index is 0.000000154. The van der Waals surface area contributed by atoms with E-state index in [4.69, 9.17) is 19.4 Å². The number of nitrogens with zero attached hydrogens (tertiary/aromatic N) is 10. The molecule has 2 saturated heterocycles. The van der Waals surface area contributed by atoms with Crippen LogP contribution in [0.5, 0.6) is 0 Å². The number of aryl methyl sites for hydroxylation is 4. The Morgan fingerprint density at radius 1 is 0.537 bits per heavy atom. The Bertz CT molecular complexity index is 3760. The molecule has 4 aromatic carbocycles. The van der Waals surface area contributed by atoms with Gasteiger partial charge in [0.1, 0.15) is 11.6 Å². The largest absolute Gasteiger partial charge is 0.385 e. The minimum atomic E-state index is -1.61. The zero-order valence-electron chi connectivity index (χ0n) is 46.9. The van der Waals surface area contributed by atoms with Crippen LogP contribution in [-0.4, -0.2) is 85.7 Å². The monoisotopic (exact) mass is 1110 g/mol. The maximum absolute atomic E-state index is 17.0. The summed E-state index contributed by atoms with van der Waals surface area (Å²) < 4.78 is 84.4. The van der Waals surface area contributed by atoms with Crippen LogP contribution in [0.15, 0.2) is 97.3 Å². The molecule has 2 N–H and O–H groups in total. The van der Waals surface area contributed by atoms with Crippen LogP contribution in [0.25, 0.3) is 66.4 Å². The van der Waals surface area contributed by atoms with Crippen LogP contribution in [0.3, 0.4) is 0 Å². The van der Waals surface area contributed by atoms with Gasteiger partial charge in [0.15, 0.2) is 11.6 Å². The van der Waals surface area contributed by atoms with E-state index in [2.05, 4.69) is 44.9 Å². The number of hydrogen-bond acceptors (Lipinski definition) is 10. The molecule has 0 amide bonds. The number of pyridine rings is 2. The lowest BCUT2D eigenvalue weighted by molar-refractivity contribution is 0.0254. The third-order valence-electron chi connectivity index (χ3n) is 18.2. The van der Waals surface area contributed by atoms with Gasteiger partial charge >= 0.3 is 0 Å². The zero-order valence-corrected chi connectivity index (χ0v) is 46.9. The van der Waals surface area contributed by atoms with E-state index in [-0.39, 0.29) is 57.9 Å². The predicted octanol–water partition coefficient (Wildman–Crippen LogP) is 12.4. The minimum absolute atomic E-state index is 0.144. The molecular weight excluding hydrogens is 1050 g/mol. The molecule has 4 atom stereocenters. The molecule has 6 aromatic heterocycles. The van der Waals surface area contributed by atoms with Crippen LogP contribution in [0.1, 0.15) is 111 Å². The fourth-order valence-corrected chi connectivity index (χ4v) is 13.8. The molecule has 0 spiro atoms. The second kappa shape index (κ2) is 20.8. The van der Waals surface area contributed by atoms with Crippen molar-refractivity contribution in [2.75, 3.05) is 26.4 Å². The summed E-state index contributed by atoms with van der Waals surface area (Å²) in [5.74, 6) is -2.99. The van der Waals surface area contributed by atoms with Gasteiger partial charge in [-0.2, -0.15) is 0 Å². The summed E-state index contributed by atoms with van der Waals surface area (Å²) in [5.41, 5.74) is 5.95. The summed E-state index contributed by atoms with van der Waals surface area (Å²) >= 11 is 0. The molecule has 424 valence electrons. The molecule has 2 aliphatic carbocycles. The average Bonchev–Trinajstić information content (AvgIpc) is 3.02. The standard InChI is InChI=1S/2C32H33F2N5O2/c2*1-18-29(38(3)37-36-18)21-15-25-28(35-17-21)23-16-24(33)26(32(2,40)22-9-10-22)27(34)31(23)39(25)30(19-7-5-4-6-8-19)20-11-13-41-14-12-20/h2*4-8,15-17,20,22,30,40H,9-14H2,1-3H3/t2*30-,32?/m11/s1. The molecule has 2 unspecified atom stereocenters. The Hall–Kier alpha value is -7.38. The second-order valence-electron chi connectivity index (χ2n) is 23.6. The highest BCUT2D eigenvalue weighted by molar-refractivity contribution is 6.08. The minimum Gasteiger partial charge on any atom is -0.385 e. The molecule has 4 fully saturated rings. The van der Waals surface area contributed by atoms with E-state index < -0.39 is 34.5 Å². The molecule has 18 heteroatoms. The Morgan fingerprint density at radius 3 is 1.23 bits per heavy atom. The number of rotatable bonds is 12. The third-order valence-corrected chi connectivity index (χ3v) is 18.2. The molecule has 2 saturated carbocycles. The summed E-state index contributed by atoms with van der Waals surface area (Å²) in [5, 5.41) is 40.3. The highest BCUT2D eigenvalue weighted by Crippen LogP contribution is 2.52. The molecule has 2 aliphatic heterocycles. The summed E-state index contributed by atoms with van der Waals surface area (Å²) in [6.07, 6.45) is 9.59. The molecule has 8 heterocycles. The molecule has 10 aromatic rings. The van der Waals surface area contributed by atoms with Crippen LogP contribution in [-0.2, 0) is 34.8 Å². The molecule has 4 aliphatic rings. The van der Waals surface area contributed by atoms with Crippen molar-refractivity contribution < 1.29 is 37.2 Å². The van der Waals surface area contributed by atoms with E-state index in [0.717, 1.165) is 96.4 Å². The van der Waals surface area contributed by atoms with Crippen molar-refractivity contribution in [1.82, 2.24) is 49.1 Å². The van der Waals surface area contributed by atoms with Crippen molar-refractivity contribution >= 4 is 43.9 Å². The van der Waals surface area contributed by atoms with Gasteiger partial charge in [0.25, 0.3) is 0 Å². The summed E-state index contributed by atoms with van der Waals surface area (Å²) in [7, 11) is 3.65. The fraction of sp³-hybridized carbons (Fsp3) is 0.406. The lowest BCUT2D eigenvalue weighted by Crippen LogP contribution is -2.29. The number of fused-ring (bicyclic) bond motifs is 6. The molecular formula is C64H66F4N10O4. The number of hydrogen-bond donors (Lipinski definition) is 2. The second-order valence-corrected chi connectivity index (χ2v) is 23.6. The van der Waals surface area contributed by atoms with Crippen molar-refractivity contribution in [1.29, 1.82) is 0 Å². The van der Waals surface area contributed by atoms with Gasteiger partial charge < -0.3 is 28.8 Å². The van der Waals surface area contributed by atoms with Crippen molar-refractivity contribution in [2.24, 2.45) is 37.8 Å². The normalized spacial score (nSPS) is 18.7. The maximum Gasteiger partial charge on any atom is 0.156 e. The van der Waals surface area contributed by atoms with Crippen LogP contribution < -0.4 is 0 Å². The molecule has 0 radical (unpaired) electrons. The average molecular weight is 1120 g/mol. The number of aliphatic hydroxyl groups is 2. The Kier molecular flexibility index (Phi) is 13.7. The first-order valence-corrected chi connectivity index (χ1v) is 28.6. The number of halogens is 4. The van der Waals surface area contributed by atoms with Crippen LogP contribution in [0.4, 0.5) is 17.6 Å². The lowest BCUT2D eigenvalue weighted by Gasteiger charge is -2.33. The zero-order chi connectivity index (χ0) is 56.9. The van der Waals surface area contributed by atoms with E-state index in [1.165, 1.54) is 26.0 Å². The highest BCUT2D eigenvalue weighted by Gasteiger charge is 2.47. The van der Waals surface area contributed by atoms with E-state index in [0.29, 0.717) is 59.3 Å². The quantitative estimate of drug-likeness (QED) is 0.113. The van der Waals surface area contributed by atoms with Crippen molar-refractivity contribution in [3.8, 4) is 22.5 Å². The van der Waals surface area contributed by atoms with E-state index in [1.54, 1.807) is 21.8 Å². The van der Waals surface area contributed by atoms with E-state index >= 15 is 17.6 Å². The van der Waals surface area contributed by atoms with Crippen LogP contribution in [0.2, 0.25) is 0 Å². The van der Waals surface area contributed by atoms with Gasteiger partial charge in [-0.15, -0.1) is 10.2 Å². The topological polar surface area (TPSA) is 156 Å². The van der Waals surface area contributed by atoms with Gasteiger partial charge in [-0.3, -0.25) is 9.97 Å². The summed E-state index contributed by atoms with van der Waals surface area (Å²) in [6, 6.07) is 26.3. The van der Waals surface area contributed by atoms with Crippen molar-refractivity contribution in [2.45, 2.75) is 102 Å². The van der Waals surface area contributed by atoms with Gasteiger partial charge in [-0.25, -0.2) is 26.9 Å². The first kappa shape index (κ1) is 53.9. The third kappa shape index (κ3) is 9.07. The summed E-state index contributed by atoms with van der Waals surface area (Å²) in [6.45, 7) is 9.32. The van der Waals surface area contributed by atoms with Gasteiger partial charge in [0.2, 0.25) is 0 Å². The molecule has 14 rings (SSSR count). The fourth-order valence-electron chi connectivity index (χ4n) is 13.8. The Morgan fingerprint density at radius 2 is 0.902 bits per heavy atom. The number of aromatic nitrogens is 10. The van der Waals surface area contributed by atoms with Crippen molar-refractivity contribution in [3.05, 3.63) is 154 Å². The van der Waals surface area contributed by atoms with E-state index in [1.807, 2.05) is 85.6 Å². The SMILES string of the molecule is Cc1nnn(C)c1-c1cnc2c3cc(F)c(C(C)(O)C4CC4)c(F)c3n([C@H](c3ccccc3)C3CCOCC3)c2c1.Cc1nnn(C)c1-c1cnc2c3cc(F)c(C(C)(O)C4CC4)c(F)c3n([C@H](c3ccccc3)C3CCOCC3)c2c1. The molecule has 82 heavy (non-hydrogen) atoms. The van der Waals surface area contributed by atoms with Crippen molar-refractivity contribution in [3.63, 3.8) is 0 Å². The predicted molar refractivity (Wildman–Crippen MR) is 305 cm³/mol. The van der Waals surface area contributed by atoms with Gasteiger partial charge in [-0.05, 0) is 138 Å². The highest BCUT2D eigenvalue weighted by atomic mass is 19.1. The molecule has 14 nitrogen and oxygen atoms in total. The van der Waals surface area contributed by atoms with Crippen LogP contribution >= 0.6 is 0 Å². The molecule has 0 bridgehead atoms. The van der Waals surface area contributed by atoms with E-state index in [9.17, 15) is 10.2 Å². The summed E-state index contributed by atoms with van der Waals surface area (Å²) in [4.78, 5) is 9.60. The number of benzene rings is 4. The van der Waals surface area contributed by atoms with Crippen LogP contribution in [0, 0.1) is 60.8 Å². The van der Waals surface area contributed by atoms with Gasteiger partial charge in [-0.1, -0.05) is 71.1 Å². The Labute approximate surface area is 471 Å². The first-order valence-electron chi connectivity index (χ1n) is 28.6. The van der Waals surface area contributed by atoms with Gasteiger partial charge in [0.05, 0.1) is 90.3 Å². The smallest absolute Gasteiger partial charge is 0.156 e. The first-order chi connectivity index (χ1) is 39.5. The number of ether oxygens (including phenoxy) is 2. The lowest BCUT2D eigenvalue weighted by atomic mass is 9.86.